The van der Waals surface area contributed by atoms with Crippen molar-refractivity contribution in [2.75, 3.05) is 24.7 Å². The third-order valence-corrected chi connectivity index (χ3v) is 9.57. The molecular weight excluding hydrogens is 483 g/mol. The number of aromatic nitrogens is 3. The minimum Gasteiger partial charge on any atom is -0.478 e. The standard InChI is InChI=1S/C26H39FN4O4S/c1-6-35-23-14-20(21(27)16-28-23)24-19-8-7-18(13-22(19)31(30-24)17(2)25(3,4)32)15-29-26(5)9-11-36(33,34)12-10-26/h14,16-18,29,32H,6-13,15H2,1-5H3/t17?,18-/m1/s1. The molecule has 36 heavy (non-hydrogen) atoms. The van der Waals surface area contributed by atoms with E-state index in [4.69, 9.17) is 9.84 Å². The zero-order valence-electron chi connectivity index (χ0n) is 22.0. The van der Waals surface area contributed by atoms with Gasteiger partial charge in [0, 0.05) is 28.4 Å². The number of hydrogen-bond donors (Lipinski definition) is 2. The van der Waals surface area contributed by atoms with Crippen LogP contribution >= 0.6 is 0 Å². The van der Waals surface area contributed by atoms with Crippen LogP contribution in [-0.4, -0.2) is 64.1 Å². The lowest BCUT2D eigenvalue weighted by Gasteiger charge is -2.37. The number of rotatable bonds is 8. The van der Waals surface area contributed by atoms with Crippen LogP contribution in [0, 0.1) is 11.7 Å². The number of aliphatic hydroxyl groups is 1. The van der Waals surface area contributed by atoms with Crippen LogP contribution in [0.15, 0.2) is 12.3 Å². The van der Waals surface area contributed by atoms with E-state index in [-0.39, 0.29) is 23.1 Å². The fourth-order valence-corrected chi connectivity index (χ4v) is 6.83. The second-order valence-corrected chi connectivity index (χ2v) is 13.5. The Hall–Kier alpha value is -2.04. The lowest BCUT2D eigenvalue weighted by molar-refractivity contribution is 0.0243. The van der Waals surface area contributed by atoms with Crippen molar-refractivity contribution in [3.05, 3.63) is 29.3 Å². The van der Waals surface area contributed by atoms with Gasteiger partial charge in [-0.15, -0.1) is 0 Å². The Balaban J connectivity index is 1.62. The minimum atomic E-state index is -2.92. The van der Waals surface area contributed by atoms with Crippen LogP contribution in [-0.2, 0) is 22.7 Å². The molecule has 2 atom stereocenters. The molecule has 200 valence electrons. The van der Waals surface area contributed by atoms with Gasteiger partial charge in [0.15, 0.2) is 5.82 Å². The summed E-state index contributed by atoms with van der Waals surface area (Å²) in [6.07, 6.45) is 4.81. The largest absolute Gasteiger partial charge is 0.478 e. The molecule has 0 bridgehead atoms. The third-order valence-electron chi connectivity index (χ3n) is 7.92. The monoisotopic (exact) mass is 522 g/mol. The number of nitrogens with one attached hydrogen (secondary N) is 1. The van der Waals surface area contributed by atoms with Gasteiger partial charge in [0.25, 0.3) is 0 Å². The van der Waals surface area contributed by atoms with Gasteiger partial charge in [0.05, 0.1) is 41.6 Å². The van der Waals surface area contributed by atoms with Crippen molar-refractivity contribution >= 4 is 9.84 Å². The molecule has 0 aromatic carbocycles. The molecule has 0 radical (unpaired) electrons. The number of halogens is 1. The molecule has 3 heterocycles. The van der Waals surface area contributed by atoms with E-state index >= 15 is 0 Å². The molecule has 2 aromatic heterocycles. The highest BCUT2D eigenvalue weighted by molar-refractivity contribution is 7.91. The molecule has 10 heteroatoms. The van der Waals surface area contributed by atoms with Crippen molar-refractivity contribution in [2.45, 2.75) is 83.9 Å². The molecule has 4 rings (SSSR count). The Morgan fingerprint density at radius 3 is 2.69 bits per heavy atom. The molecule has 0 amide bonds. The molecule has 1 aliphatic carbocycles. The Kier molecular flexibility index (Phi) is 7.52. The minimum absolute atomic E-state index is 0.187. The SMILES string of the molecule is CCOc1cc(-c2nn(C(C)C(C)(C)O)c3c2CC[C@@H](CNC2(C)CCS(=O)(=O)CC2)C3)c(F)cn1. The van der Waals surface area contributed by atoms with Gasteiger partial charge in [-0.1, -0.05) is 0 Å². The first-order chi connectivity index (χ1) is 16.8. The highest BCUT2D eigenvalue weighted by atomic mass is 32.2. The van der Waals surface area contributed by atoms with Crippen molar-refractivity contribution in [1.29, 1.82) is 0 Å². The van der Waals surface area contributed by atoms with Gasteiger partial charge < -0.3 is 15.2 Å². The van der Waals surface area contributed by atoms with Crippen molar-refractivity contribution in [3.8, 4) is 17.1 Å². The Morgan fingerprint density at radius 2 is 2.06 bits per heavy atom. The van der Waals surface area contributed by atoms with Crippen LogP contribution in [0.25, 0.3) is 11.3 Å². The Labute approximate surface area is 213 Å². The zero-order chi connectivity index (χ0) is 26.3. The van der Waals surface area contributed by atoms with Crippen molar-refractivity contribution in [3.63, 3.8) is 0 Å². The van der Waals surface area contributed by atoms with Gasteiger partial charge in [-0.05, 0) is 79.2 Å². The quantitative estimate of drug-likeness (QED) is 0.547. The maximum absolute atomic E-state index is 14.9. The maximum atomic E-state index is 14.9. The summed E-state index contributed by atoms with van der Waals surface area (Å²) in [6, 6.07) is 1.29. The van der Waals surface area contributed by atoms with Crippen LogP contribution in [0.5, 0.6) is 5.88 Å². The summed E-state index contributed by atoms with van der Waals surface area (Å²) in [5.74, 6) is 0.683. The average Bonchev–Trinajstić information content (AvgIpc) is 3.19. The summed E-state index contributed by atoms with van der Waals surface area (Å²) < 4.78 is 46.1. The van der Waals surface area contributed by atoms with Crippen LogP contribution in [0.4, 0.5) is 4.39 Å². The predicted molar refractivity (Wildman–Crippen MR) is 137 cm³/mol. The molecule has 1 fully saturated rings. The number of ether oxygens (including phenoxy) is 1. The molecule has 2 aliphatic rings. The molecule has 0 spiro atoms. The van der Waals surface area contributed by atoms with Crippen molar-refractivity contribution < 1.29 is 22.7 Å². The second-order valence-electron chi connectivity index (χ2n) is 11.2. The lowest BCUT2D eigenvalue weighted by Crippen LogP contribution is -2.50. The van der Waals surface area contributed by atoms with Crippen LogP contribution in [0.3, 0.4) is 0 Å². The molecule has 0 saturated carbocycles. The smallest absolute Gasteiger partial charge is 0.214 e. The van der Waals surface area contributed by atoms with E-state index in [0.717, 1.165) is 37.1 Å². The fraction of sp³-hybridized carbons (Fsp3) is 0.692. The summed E-state index contributed by atoms with van der Waals surface area (Å²) in [5, 5.41) is 19.3. The molecule has 2 aromatic rings. The molecule has 8 nitrogen and oxygen atoms in total. The van der Waals surface area contributed by atoms with Gasteiger partial charge >= 0.3 is 0 Å². The van der Waals surface area contributed by atoms with Gasteiger partial charge in [0.1, 0.15) is 9.84 Å². The molecule has 1 unspecified atom stereocenters. The fourth-order valence-electron chi connectivity index (χ4n) is 5.10. The summed E-state index contributed by atoms with van der Waals surface area (Å²) in [4.78, 5) is 4.03. The topological polar surface area (TPSA) is 106 Å². The normalized spacial score (nSPS) is 22.1. The maximum Gasteiger partial charge on any atom is 0.214 e. The van der Waals surface area contributed by atoms with Crippen molar-refractivity contribution in [2.24, 2.45) is 5.92 Å². The van der Waals surface area contributed by atoms with E-state index in [2.05, 4.69) is 17.2 Å². The summed E-state index contributed by atoms with van der Waals surface area (Å²) in [5.41, 5.74) is 1.76. The van der Waals surface area contributed by atoms with Crippen LogP contribution in [0.1, 0.15) is 71.2 Å². The number of sulfone groups is 1. The first kappa shape index (κ1) is 27.0. The van der Waals surface area contributed by atoms with Gasteiger partial charge in [-0.2, -0.15) is 5.10 Å². The van der Waals surface area contributed by atoms with Gasteiger partial charge in [0.2, 0.25) is 5.88 Å². The number of hydrogen-bond acceptors (Lipinski definition) is 7. The van der Waals surface area contributed by atoms with E-state index in [1.54, 1.807) is 19.9 Å². The van der Waals surface area contributed by atoms with Gasteiger partial charge in [-0.3, -0.25) is 4.68 Å². The summed E-state index contributed by atoms with van der Waals surface area (Å²) >= 11 is 0. The molecule has 2 N–H and O–H groups in total. The lowest BCUT2D eigenvalue weighted by atomic mass is 9.84. The Bertz CT molecular complexity index is 1190. The van der Waals surface area contributed by atoms with E-state index in [1.165, 1.54) is 6.20 Å². The van der Waals surface area contributed by atoms with Crippen molar-refractivity contribution in [1.82, 2.24) is 20.1 Å². The predicted octanol–water partition coefficient (Wildman–Crippen LogP) is 3.48. The first-order valence-electron chi connectivity index (χ1n) is 12.9. The average molecular weight is 523 g/mol. The van der Waals surface area contributed by atoms with Gasteiger partial charge in [-0.25, -0.2) is 17.8 Å². The highest BCUT2D eigenvalue weighted by Crippen LogP contribution is 2.38. The molecule has 1 aliphatic heterocycles. The molecule has 1 saturated heterocycles. The van der Waals surface area contributed by atoms with E-state index in [9.17, 15) is 17.9 Å². The number of fused-ring (bicyclic) bond motifs is 1. The summed E-state index contributed by atoms with van der Waals surface area (Å²) in [7, 11) is -2.92. The molecular formula is C26H39FN4O4S. The van der Waals surface area contributed by atoms with Crippen LogP contribution in [0.2, 0.25) is 0 Å². The van der Waals surface area contributed by atoms with E-state index in [1.807, 2.05) is 18.5 Å². The van der Waals surface area contributed by atoms with Crippen LogP contribution < -0.4 is 10.1 Å². The van der Waals surface area contributed by atoms with E-state index < -0.39 is 21.3 Å². The number of pyridine rings is 1. The zero-order valence-corrected chi connectivity index (χ0v) is 22.8. The Morgan fingerprint density at radius 1 is 1.36 bits per heavy atom. The summed E-state index contributed by atoms with van der Waals surface area (Å²) in [6.45, 7) is 10.6. The third kappa shape index (κ3) is 5.75. The second kappa shape index (κ2) is 10.0. The number of nitrogens with zero attached hydrogens (tertiary/aromatic N) is 3. The first-order valence-corrected chi connectivity index (χ1v) is 14.7. The highest BCUT2D eigenvalue weighted by Gasteiger charge is 2.36. The van der Waals surface area contributed by atoms with E-state index in [0.29, 0.717) is 42.5 Å².